The molecule has 0 aromatic heterocycles. The van der Waals surface area contributed by atoms with Crippen molar-refractivity contribution in [3.63, 3.8) is 0 Å². The Morgan fingerprint density at radius 2 is 0.686 bits per heavy atom. The Morgan fingerprint density at radius 3 is 1.10 bits per heavy atom. The number of hydrogen-bond acceptors (Lipinski definition) is 24. The molecule has 2 saturated heterocycles. The monoisotopic (exact) mass is 1710 g/mol. The lowest BCUT2D eigenvalue weighted by Gasteiger charge is -2.50. The van der Waals surface area contributed by atoms with Crippen LogP contribution in [0.5, 0.6) is 0 Å². The first-order valence-electron chi connectivity index (χ1n) is 47.8. The van der Waals surface area contributed by atoms with Gasteiger partial charge in [-0.25, -0.2) is 4.57 Å². The second-order valence-electron chi connectivity index (χ2n) is 34.5. The molecule has 0 amide bonds. The van der Waals surface area contributed by atoms with Gasteiger partial charge >= 0.3 is 31.7 Å². The Bertz CT molecular complexity index is 2520. The van der Waals surface area contributed by atoms with Crippen LogP contribution >= 0.6 is 7.82 Å². The first kappa shape index (κ1) is 109. The summed E-state index contributed by atoms with van der Waals surface area (Å²) in [5.74, 6) is -2.27. The van der Waals surface area contributed by atoms with Gasteiger partial charge in [0, 0.05) is 25.7 Å². The van der Waals surface area contributed by atoms with Gasteiger partial charge in [-0.15, -0.1) is 0 Å². The molecule has 118 heavy (non-hydrogen) atoms. The summed E-state index contributed by atoms with van der Waals surface area (Å²) in [7, 11) is -5.81. The number of phosphoric acid groups is 1. The fourth-order valence-corrected chi connectivity index (χ4v) is 16.9. The molecule has 19 atom stereocenters. The Morgan fingerprint density at radius 1 is 0.356 bits per heavy atom. The minimum absolute atomic E-state index is 0.0185. The smallest absolute Gasteiger partial charge is 0.463 e. The van der Waals surface area contributed by atoms with E-state index < -0.39 is 162 Å². The molecule has 0 radical (unpaired) electrons. The van der Waals surface area contributed by atoms with Crippen LogP contribution in [0.25, 0.3) is 0 Å². The van der Waals surface area contributed by atoms with Crippen LogP contribution < -0.4 is 0 Å². The highest BCUT2D eigenvalue weighted by atomic mass is 31.2. The zero-order valence-corrected chi connectivity index (χ0v) is 75.0. The summed E-state index contributed by atoms with van der Waals surface area (Å²) in [6.07, 6.45) is 27.7. The van der Waals surface area contributed by atoms with Gasteiger partial charge in [0.05, 0.1) is 13.2 Å². The van der Waals surface area contributed by atoms with E-state index in [1.165, 1.54) is 173 Å². The maximum atomic E-state index is 14.9. The maximum absolute atomic E-state index is 14.9. The molecule has 1 saturated carbocycles. The first-order valence-corrected chi connectivity index (χ1v) is 49.3. The van der Waals surface area contributed by atoms with E-state index in [1.54, 1.807) is 0 Å². The van der Waals surface area contributed by atoms with Crippen LogP contribution in [-0.2, 0) is 70.7 Å². The van der Waals surface area contributed by atoms with E-state index in [1.807, 2.05) is 0 Å². The molecular weight excluding hydrogens is 1540 g/mol. The molecule has 2 aliphatic heterocycles. The number of hydrogen-bond donors (Lipinski definition) is 10. The lowest BCUT2D eigenvalue weighted by molar-refractivity contribution is -0.360. The first-order chi connectivity index (χ1) is 57.1. The number of aliphatic hydroxyl groups excluding tert-OH is 9. The second-order valence-corrected chi connectivity index (χ2v) is 35.9. The number of esters is 4. The van der Waals surface area contributed by atoms with E-state index in [0.717, 1.165) is 141 Å². The van der Waals surface area contributed by atoms with Crippen molar-refractivity contribution >= 4 is 31.7 Å². The normalized spacial score (nSPS) is 25.2. The SMILES string of the molecule is CCCCCC/C=C\CCCCCCCCCC(=O)OC(COC(=O)CCCCCCCCC(C)CCCCCCCC)COP(=O)(O)OC1C(OC2OC(CO)C(O)C(O)C2O)C(O)C(O)C(OC(=O)CCCCCCCCCCCCCCC)C1OC1OC(COC(=O)CCCCCCCCCCCCCCCCC)C(O)C(O)C1O. The highest BCUT2D eigenvalue weighted by Gasteiger charge is 2.60. The molecular formula is C92H171O25P. The third-order valence-corrected chi connectivity index (χ3v) is 24.7. The van der Waals surface area contributed by atoms with Crippen molar-refractivity contribution in [1.82, 2.24) is 0 Å². The molecule has 0 aromatic carbocycles. The fourth-order valence-electron chi connectivity index (χ4n) is 16.0. The van der Waals surface area contributed by atoms with Crippen molar-refractivity contribution in [3.8, 4) is 0 Å². The summed E-state index contributed by atoms with van der Waals surface area (Å²) in [5, 5.41) is 102. The van der Waals surface area contributed by atoms with Crippen molar-refractivity contribution < 1.29 is 122 Å². The minimum atomic E-state index is -5.81. The highest BCUT2D eigenvalue weighted by molar-refractivity contribution is 7.47. The number of carbonyl (C=O) groups is 4. The Labute approximate surface area is 712 Å². The van der Waals surface area contributed by atoms with Gasteiger partial charge in [-0.1, -0.05) is 349 Å². The molecule has 25 nitrogen and oxygen atoms in total. The van der Waals surface area contributed by atoms with E-state index in [2.05, 4.69) is 46.8 Å². The van der Waals surface area contributed by atoms with Crippen molar-refractivity contribution in [2.24, 2.45) is 5.92 Å². The zero-order valence-electron chi connectivity index (χ0n) is 74.1. The molecule has 1 aliphatic carbocycles. The average molecular weight is 1710 g/mol. The average Bonchev–Trinajstić information content (AvgIpc) is 0.754. The predicted molar refractivity (Wildman–Crippen MR) is 458 cm³/mol. The third-order valence-electron chi connectivity index (χ3n) is 23.7. The summed E-state index contributed by atoms with van der Waals surface area (Å²) in [6.45, 7) is 7.93. The lowest BCUT2D eigenvalue weighted by Crippen LogP contribution is -2.70. The van der Waals surface area contributed by atoms with Gasteiger partial charge in [0.1, 0.15) is 92.6 Å². The topological polar surface area (TPSA) is 380 Å². The molecule has 3 rings (SSSR count). The number of ether oxygens (including phenoxy) is 8. The lowest BCUT2D eigenvalue weighted by atomic mass is 9.84. The van der Waals surface area contributed by atoms with Crippen LogP contribution in [0.15, 0.2) is 12.2 Å². The van der Waals surface area contributed by atoms with Gasteiger partial charge in [-0.2, -0.15) is 0 Å². The van der Waals surface area contributed by atoms with E-state index in [0.29, 0.717) is 44.4 Å². The van der Waals surface area contributed by atoms with Gasteiger partial charge in [-0.3, -0.25) is 28.2 Å². The number of rotatable bonds is 77. The summed E-state index contributed by atoms with van der Waals surface area (Å²) in [5.41, 5.74) is 0. The number of allylic oxidation sites excluding steroid dienone is 2. The summed E-state index contributed by atoms with van der Waals surface area (Å²) in [6, 6.07) is 0. The zero-order chi connectivity index (χ0) is 86.2. The molecule has 694 valence electrons. The Hall–Kier alpha value is -2.79. The summed E-state index contributed by atoms with van der Waals surface area (Å²) < 4.78 is 73.5. The van der Waals surface area contributed by atoms with Gasteiger partial charge in [-0.05, 0) is 57.3 Å². The summed E-state index contributed by atoms with van der Waals surface area (Å²) in [4.78, 5) is 66.5. The summed E-state index contributed by atoms with van der Waals surface area (Å²) >= 11 is 0. The van der Waals surface area contributed by atoms with Crippen LogP contribution in [0.4, 0.5) is 0 Å². The molecule has 19 unspecified atom stereocenters. The van der Waals surface area contributed by atoms with Crippen LogP contribution in [-0.4, -0.2) is 205 Å². The molecule has 3 fully saturated rings. The molecule has 26 heteroatoms. The maximum Gasteiger partial charge on any atom is 0.472 e. The van der Waals surface area contributed by atoms with Crippen molar-refractivity contribution in [1.29, 1.82) is 0 Å². The second kappa shape index (κ2) is 70.4. The molecule has 0 aromatic rings. The highest BCUT2D eigenvalue weighted by Crippen LogP contribution is 2.49. The molecule has 3 aliphatic rings. The molecule has 0 spiro atoms. The van der Waals surface area contributed by atoms with Crippen molar-refractivity contribution in [2.75, 3.05) is 26.4 Å². The Kier molecular flexibility index (Phi) is 65.2. The number of phosphoric ester groups is 1. The molecule has 0 bridgehead atoms. The number of aliphatic hydroxyl groups is 9. The van der Waals surface area contributed by atoms with E-state index >= 15 is 0 Å². The van der Waals surface area contributed by atoms with Gasteiger partial charge in [0.15, 0.2) is 24.8 Å². The van der Waals surface area contributed by atoms with Gasteiger partial charge < -0.3 is 88.7 Å². The van der Waals surface area contributed by atoms with E-state index in [4.69, 9.17) is 46.9 Å². The molecule has 2 heterocycles. The largest absolute Gasteiger partial charge is 0.472 e. The van der Waals surface area contributed by atoms with Crippen LogP contribution in [0.3, 0.4) is 0 Å². The Balaban J connectivity index is 1.91. The quantitative estimate of drug-likeness (QED) is 0.00889. The van der Waals surface area contributed by atoms with Crippen LogP contribution in [0.1, 0.15) is 413 Å². The minimum Gasteiger partial charge on any atom is -0.463 e. The van der Waals surface area contributed by atoms with Gasteiger partial charge in [0.2, 0.25) is 0 Å². The van der Waals surface area contributed by atoms with Crippen molar-refractivity contribution in [2.45, 2.75) is 518 Å². The van der Waals surface area contributed by atoms with Crippen LogP contribution in [0, 0.1) is 5.92 Å². The number of carbonyl (C=O) groups excluding carboxylic acids is 4. The van der Waals surface area contributed by atoms with E-state index in [-0.39, 0.29) is 25.7 Å². The molecule has 10 N–H and O–H groups in total. The number of unbranched alkanes of at least 4 members (excludes halogenated alkanes) is 47. The predicted octanol–water partition coefficient (Wildman–Crippen LogP) is 17.8. The van der Waals surface area contributed by atoms with Crippen LogP contribution in [0.2, 0.25) is 0 Å². The van der Waals surface area contributed by atoms with Gasteiger partial charge in [0.25, 0.3) is 0 Å². The standard InChI is InChI=1S/C92H171O25P/c1-6-10-14-18-22-25-28-31-33-36-38-41-44-51-58-64-76(95)109-70-74-80(99)82(101)86(105)92(113-74)116-89-87(114-78(97)66-60-54-46-43-39-35-30-27-24-20-16-12-8-3)83(102)84(103)88(115-91-85(104)81(100)79(98)73(67-93)112-91)90(89)117-118(106,107)110-69-72(111-77(96)65-59-53-45-42-40-37-34-32-29-26-23-19-15-11-7-2)68-108-75(94)63-57-52-48-47-50-56-62-71(5)61-55-49-21-17-13-9-4/h26,29,71-74,79-93,98-105H,6-25,27-28,30-70H2,1-5H3,(H,106,107)/b29-26-. The fraction of sp³-hybridized carbons (Fsp3) is 0.935. The van der Waals surface area contributed by atoms with Crippen molar-refractivity contribution in [3.05, 3.63) is 12.2 Å². The van der Waals surface area contributed by atoms with E-state index in [9.17, 15) is 74.6 Å². The third kappa shape index (κ3) is 50.4.